The van der Waals surface area contributed by atoms with E-state index in [4.69, 9.17) is 9.47 Å². The van der Waals surface area contributed by atoms with Crippen molar-refractivity contribution in [3.05, 3.63) is 29.3 Å². The summed E-state index contributed by atoms with van der Waals surface area (Å²) >= 11 is 0. The van der Waals surface area contributed by atoms with E-state index in [0.29, 0.717) is 5.41 Å². The van der Waals surface area contributed by atoms with Crippen molar-refractivity contribution in [2.45, 2.75) is 39.5 Å². The van der Waals surface area contributed by atoms with Crippen LogP contribution in [0.5, 0.6) is 5.75 Å². The Morgan fingerprint density at radius 2 is 2.19 bits per heavy atom. The lowest BCUT2D eigenvalue weighted by molar-refractivity contribution is 0.193. The van der Waals surface area contributed by atoms with Crippen LogP contribution >= 0.6 is 0 Å². The summed E-state index contributed by atoms with van der Waals surface area (Å²) < 4.78 is 10.7. The topological polar surface area (TPSA) is 30.5 Å². The predicted octanol–water partition coefficient (Wildman–Crippen LogP) is 3.21. The van der Waals surface area contributed by atoms with Gasteiger partial charge in [0.2, 0.25) is 0 Å². The van der Waals surface area contributed by atoms with Gasteiger partial charge in [-0.25, -0.2) is 0 Å². The average molecular weight is 291 g/mol. The second-order valence-electron chi connectivity index (χ2n) is 6.73. The molecule has 3 heteroatoms. The van der Waals surface area contributed by atoms with Gasteiger partial charge in [0.15, 0.2) is 0 Å². The van der Waals surface area contributed by atoms with Gasteiger partial charge in [-0.1, -0.05) is 26.0 Å². The molecule has 1 N–H and O–H groups in total. The molecule has 2 rings (SSSR count). The monoisotopic (exact) mass is 291 g/mol. The van der Waals surface area contributed by atoms with Crippen LogP contribution in [0.25, 0.3) is 0 Å². The quantitative estimate of drug-likeness (QED) is 0.746. The van der Waals surface area contributed by atoms with Crippen LogP contribution in [0, 0.1) is 5.41 Å². The first-order chi connectivity index (χ1) is 10.1. The molecule has 0 saturated carbocycles. The minimum atomic E-state index is 0.306. The molecule has 1 aliphatic rings. The number of hydrogen-bond donors (Lipinski definition) is 1. The molecule has 0 saturated heterocycles. The van der Waals surface area contributed by atoms with Crippen LogP contribution in [-0.2, 0) is 17.6 Å². The first-order valence-corrected chi connectivity index (χ1v) is 8.05. The van der Waals surface area contributed by atoms with Gasteiger partial charge in [0.05, 0.1) is 13.2 Å². The lowest BCUT2D eigenvalue weighted by atomic mass is 9.85. The molecule has 0 fully saturated rings. The number of benzene rings is 1. The molecule has 118 valence electrons. The Labute approximate surface area is 129 Å². The zero-order valence-electron chi connectivity index (χ0n) is 13.7. The highest BCUT2D eigenvalue weighted by Gasteiger charge is 2.18. The summed E-state index contributed by atoms with van der Waals surface area (Å²) in [5.41, 5.74) is 3.12. The maximum atomic E-state index is 5.68. The summed E-state index contributed by atoms with van der Waals surface area (Å²) in [6.45, 7) is 8.26. The summed E-state index contributed by atoms with van der Waals surface area (Å²) in [4.78, 5) is 0. The van der Waals surface area contributed by atoms with Gasteiger partial charge in [-0.05, 0) is 48.3 Å². The first kappa shape index (κ1) is 16.3. The molecule has 21 heavy (non-hydrogen) atoms. The number of rotatable bonds is 8. The molecule has 0 spiro atoms. The predicted molar refractivity (Wildman–Crippen MR) is 87.1 cm³/mol. The van der Waals surface area contributed by atoms with Crippen LogP contribution < -0.4 is 10.1 Å². The standard InChI is InChI=1S/C18H29NO2/c1-18(2,14-19-10-12-20-3)9-8-15-6-7-17-16(13-15)5-4-11-21-17/h6-7,13,19H,4-5,8-12,14H2,1-3H3. The van der Waals surface area contributed by atoms with Crippen molar-refractivity contribution in [3.63, 3.8) is 0 Å². The largest absolute Gasteiger partial charge is 0.493 e. The molecule has 1 aliphatic heterocycles. The van der Waals surface area contributed by atoms with Gasteiger partial charge in [0.25, 0.3) is 0 Å². The maximum Gasteiger partial charge on any atom is 0.122 e. The molecule has 0 bridgehead atoms. The molecule has 0 radical (unpaired) electrons. The van der Waals surface area contributed by atoms with Gasteiger partial charge in [-0.15, -0.1) is 0 Å². The third kappa shape index (κ3) is 5.33. The summed E-state index contributed by atoms with van der Waals surface area (Å²) in [6.07, 6.45) is 4.62. The molecule has 0 aliphatic carbocycles. The van der Waals surface area contributed by atoms with E-state index >= 15 is 0 Å². The van der Waals surface area contributed by atoms with Crippen molar-refractivity contribution in [2.24, 2.45) is 5.41 Å². The molecule has 1 aromatic rings. The van der Waals surface area contributed by atoms with Gasteiger partial charge in [0.1, 0.15) is 5.75 Å². The molecule has 1 heterocycles. The van der Waals surface area contributed by atoms with Crippen molar-refractivity contribution < 1.29 is 9.47 Å². The van der Waals surface area contributed by atoms with Crippen molar-refractivity contribution >= 4 is 0 Å². The zero-order valence-corrected chi connectivity index (χ0v) is 13.7. The van der Waals surface area contributed by atoms with Gasteiger partial charge >= 0.3 is 0 Å². The van der Waals surface area contributed by atoms with E-state index in [1.807, 2.05) is 0 Å². The number of hydrogen-bond acceptors (Lipinski definition) is 3. The molecular weight excluding hydrogens is 262 g/mol. The van der Waals surface area contributed by atoms with Crippen LogP contribution in [0.15, 0.2) is 18.2 Å². The highest BCUT2D eigenvalue weighted by atomic mass is 16.5. The third-order valence-corrected chi connectivity index (χ3v) is 4.15. The molecule has 1 aromatic carbocycles. The lowest BCUT2D eigenvalue weighted by Crippen LogP contribution is -2.32. The van der Waals surface area contributed by atoms with Crippen LogP contribution in [0.1, 0.15) is 37.8 Å². The third-order valence-electron chi connectivity index (χ3n) is 4.15. The molecule has 3 nitrogen and oxygen atoms in total. The second-order valence-corrected chi connectivity index (χ2v) is 6.73. The number of aryl methyl sites for hydroxylation is 2. The van der Waals surface area contributed by atoms with Crippen molar-refractivity contribution in [2.75, 3.05) is 33.4 Å². The zero-order chi connectivity index (χ0) is 15.1. The second kappa shape index (κ2) is 7.81. The summed E-state index contributed by atoms with van der Waals surface area (Å²) in [7, 11) is 1.74. The Balaban J connectivity index is 1.81. The number of nitrogens with one attached hydrogen (secondary N) is 1. The minimum absolute atomic E-state index is 0.306. The van der Waals surface area contributed by atoms with Crippen molar-refractivity contribution in [1.82, 2.24) is 5.32 Å². The van der Waals surface area contributed by atoms with E-state index in [-0.39, 0.29) is 0 Å². The molecule has 0 unspecified atom stereocenters. The molecule has 0 atom stereocenters. The smallest absolute Gasteiger partial charge is 0.122 e. The van der Waals surface area contributed by atoms with Gasteiger partial charge < -0.3 is 14.8 Å². The number of fused-ring (bicyclic) bond motifs is 1. The van der Waals surface area contributed by atoms with Crippen LogP contribution in [0.3, 0.4) is 0 Å². The van der Waals surface area contributed by atoms with Crippen LogP contribution in [0.2, 0.25) is 0 Å². The maximum absolute atomic E-state index is 5.68. The summed E-state index contributed by atoms with van der Waals surface area (Å²) in [5.74, 6) is 1.09. The molecular formula is C18H29NO2. The van der Waals surface area contributed by atoms with Gasteiger partial charge in [-0.2, -0.15) is 0 Å². The van der Waals surface area contributed by atoms with Gasteiger partial charge in [0, 0.05) is 20.2 Å². The SMILES string of the molecule is COCCNCC(C)(C)CCc1ccc2c(c1)CCCO2. The van der Waals surface area contributed by atoms with Crippen molar-refractivity contribution in [1.29, 1.82) is 0 Å². The molecule has 0 aromatic heterocycles. The Morgan fingerprint density at radius 3 is 3.00 bits per heavy atom. The highest BCUT2D eigenvalue weighted by molar-refractivity contribution is 5.38. The van der Waals surface area contributed by atoms with Crippen LogP contribution in [-0.4, -0.2) is 33.4 Å². The van der Waals surface area contributed by atoms with E-state index in [1.165, 1.54) is 17.5 Å². The van der Waals surface area contributed by atoms with E-state index in [9.17, 15) is 0 Å². The molecule has 0 amide bonds. The van der Waals surface area contributed by atoms with E-state index in [1.54, 1.807) is 7.11 Å². The Kier molecular flexibility index (Phi) is 6.07. The highest BCUT2D eigenvalue weighted by Crippen LogP contribution is 2.28. The van der Waals surface area contributed by atoms with Crippen molar-refractivity contribution in [3.8, 4) is 5.75 Å². The fraction of sp³-hybridized carbons (Fsp3) is 0.667. The normalized spacial score (nSPS) is 14.6. The minimum Gasteiger partial charge on any atom is -0.493 e. The first-order valence-electron chi connectivity index (χ1n) is 8.05. The van der Waals surface area contributed by atoms with Crippen LogP contribution in [0.4, 0.5) is 0 Å². The van der Waals surface area contributed by atoms with E-state index < -0.39 is 0 Å². The fourth-order valence-corrected chi connectivity index (χ4v) is 2.74. The number of ether oxygens (including phenoxy) is 2. The fourth-order valence-electron chi connectivity index (χ4n) is 2.74. The summed E-state index contributed by atoms with van der Waals surface area (Å²) in [6, 6.07) is 6.70. The number of methoxy groups -OCH3 is 1. The Morgan fingerprint density at radius 1 is 1.33 bits per heavy atom. The lowest BCUT2D eigenvalue weighted by Gasteiger charge is -2.25. The summed E-state index contributed by atoms with van der Waals surface area (Å²) in [5, 5.41) is 3.47. The van der Waals surface area contributed by atoms with Gasteiger partial charge in [-0.3, -0.25) is 0 Å². The van der Waals surface area contributed by atoms with E-state index in [2.05, 4.69) is 37.4 Å². The Hall–Kier alpha value is -1.06. The van der Waals surface area contributed by atoms with E-state index in [0.717, 1.165) is 51.3 Å². The Bertz CT molecular complexity index is 443. The average Bonchev–Trinajstić information content (AvgIpc) is 2.49.